The van der Waals surface area contributed by atoms with Crippen molar-refractivity contribution in [2.24, 2.45) is 0 Å². The topological polar surface area (TPSA) is 88.1 Å². The molecule has 100 valence electrons. The van der Waals surface area contributed by atoms with Gasteiger partial charge in [0.05, 0.1) is 24.3 Å². The van der Waals surface area contributed by atoms with Crippen LogP contribution in [0, 0.1) is 0 Å². The van der Waals surface area contributed by atoms with Gasteiger partial charge in [-0.3, -0.25) is 9.29 Å². The fraction of sp³-hybridized carbons (Fsp3) is 0.182. The van der Waals surface area contributed by atoms with Crippen molar-refractivity contribution in [3.8, 4) is 0 Å². The van der Waals surface area contributed by atoms with Gasteiger partial charge < -0.3 is 5.32 Å². The van der Waals surface area contributed by atoms with Gasteiger partial charge in [0, 0.05) is 20.3 Å². The van der Waals surface area contributed by atoms with E-state index in [-0.39, 0.29) is 4.90 Å². The molecule has 0 amide bonds. The zero-order valence-corrected chi connectivity index (χ0v) is 11.3. The van der Waals surface area contributed by atoms with Gasteiger partial charge in [-0.2, -0.15) is 0 Å². The molecule has 0 aliphatic rings. The predicted octanol–water partition coefficient (Wildman–Crippen LogP) is 0.738. The van der Waals surface area contributed by atoms with Crippen molar-refractivity contribution in [1.29, 1.82) is 0 Å². The molecular formula is C11H13N5O2S. The minimum atomic E-state index is -3.68. The lowest BCUT2D eigenvalue weighted by Crippen LogP contribution is -2.26. The normalized spacial score (nSPS) is 11.1. The largest absolute Gasteiger partial charge is 0.357 e. The third kappa shape index (κ3) is 2.63. The molecule has 0 saturated heterocycles. The van der Waals surface area contributed by atoms with E-state index in [0.29, 0.717) is 11.6 Å². The third-order valence-electron chi connectivity index (χ3n) is 2.52. The van der Waals surface area contributed by atoms with Crippen molar-refractivity contribution in [3.05, 3.63) is 36.9 Å². The fourth-order valence-corrected chi connectivity index (χ4v) is 2.49. The molecule has 0 bridgehead atoms. The molecule has 0 fully saturated rings. The van der Waals surface area contributed by atoms with Crippen LogP contribution < -0.4 is 9.62 Å². The molecule has 8 heteroatoms. The highest BCUT2D eigenvalue weighted by Crippen LogP contribution is 2.19. The average molecular weight is 279 g/mol. The summed E-state index contributed by atoms with van der Waals surface area (Å²) in [5, 5.41) is 2.73. The van der Waals surface area contributed by atoms with E-state index in [1.165, 1.54) is 25.6 Å². The van der Waals surface area contributed by atoms with Crippen molar-refractivity contribution in [1.82, 2.24) is 15.0 Å². The van der Waals surface area contributed by atoms with Crippen LogP contribution in [0.25, 0.3) is 0 Å². The number of rotatable bonds is 4. The smallest absolute Gasteiger partial charge is 0.267 e. The van der Waals surface area contributed by atoms with E-state index in [4.69, 9.17) is 0 Å². The monoisotopic (exact) mass is 279 g/mol. The summed E-state index contributed by atoms with van der Waals surface area (Å²) in [5.41, 5.74) is 0.472. The second-order valence-corrected chi connectivity index (χ2v) is 5.65. The number of anilines is 2. The number of sulfonamides is 1. The average Bonchev–Trinajstić information content (AvgIpc) is 2.47. The van der Waals surface area contributed by atoms with Crippen molar-refractivity contribution in [3.63, 3.8) is 0 Å². The summed E-state index contributed by atoms with van der Waals surface area (Å²) in [6, 6.07) is 3.33. The van der Waals surface area contributed by atoms with E-state index in [1.807, 2.05) is 0 Å². The van der Waals surface area contributed by atoms with Crippen LogP contribution in [-0.4, -0.2) is 37.5 Å². The molecule has 0 spiro atoms. The molecule has 1 N–H and O–H groups in total. The van der Waals surface area contributed by atoms with Gasteiger partial charge in [0.1, 0.15) is 4.90 Å². The summed E-state index contributed by atoms with van der Waals surface area (Å²) < 4.78 is 25.8. The van der Waals surface area contributed by atoms with E-state index in [9.17, 15) is 8.42 Å². The van der Waals surface area contributed by atoms with E-state index in [2.05, 4.69) is 20.3 Å². The Kier molecular flexibility index (Phi) is 3.61. The van der Waals surface area contributed by atoms with Crippen LogP contribution in [-0.2, 0) is 10.0 Å². The molecular weight excluding hydrogens is 266 g/mol. The molecule has 0 aliphatic carbocycles. The van der Waals surface area contributed by atoms with Crippen LogP contribution in [0.15, 0.2) is 41.8 Å². The molecule has 0 saturated carbocycles. The number of hydrogen-bond donors (Lipinski definition) is 1. The Hall–Kier alpha value is -2.22. The minimum Gasteiger partial charge on any atom is -0.357 e. The molecule has 2 heterocycles. The number of pyridine rings is 1. The van der Waals surface area contributed by atoms with E-state index in [0.717, 1.165) is 4.31 Å². The standard InChI is InChI=1S/C11H13N5O2S/c1-12-11-14-7-10(8-15-11)19(17,18)16(2)9-4-3-5-13-6-9/h3-8H,1-2H3,(H,12,14,15). The van der Waals surface area contributed by atoms with Gasteiger partial charge in [-0.05, 0) is 12.1 Å². The molecule has 0 unspecified atom stereocenters. The Morgan fingerprint density at radius 2 is 1.89 bits per heavy atom. The summed E-state index contributed by atoms with van der Waals surface area (Å²) in [6.07, 6.45) is 5.58. The quantitative estimate of drug-likeness (QED) is 0.888. The molecule has 7 nitrogen and oxygen atoms in total. The molecule has 0 radical (unpaired) electrons. The number of aromatic nitrogens is 3. The number of nitrogens with one attached hydrogen (secondary N) is 1. The van der Waals surface area contributed by atoms with Gasteiger partial charge in [0.25, 0.3) is 10.0 Å². The van der Waals surface area contributed by atoms with Gasteiger partial charge in [-0.15, -0.1) is 0 Å². The highest BCUT2D eigenvalue weighted by Gasteiger charge is 2.22. The van der Waals surface area contributed by atoms with Gasteiger partial charge in [-0.1, -0.05) is 0 Å². The Balaban J connectivity index is 2.36. The first-order valence-corrected chi connectivity index (χ1v) is 6.88. The lowest BCUT2D eigenvalue weighted by molar-refractivity contribution is 0.593. The first-order valence-electron chi connectivity index (χ1n) is 5.44. The van der Waals surface area contributed by atoms with Crippen molar-refractivity contribution >= 4 is 21.7 Å². The van der Waals surface area contributed by atoms with Crippen LogP contribution in [0.3, 0.4) is 0 Å². The zero-order chi connectivity index (χ0) is 13.9. The Morgan fingerprint density at radius 3 is 2.42 bits per heavy atom. The fourth-order valence-electron chi connectivity index (χ4n) is 1.42. The zero-order valence-electron chi connectivity index (χ0n) is 10.5. The van der Waals surface area contributed by atoms with Crippen molar-refractivity contribution in [2.45, 2.75) is 4.90 Å². The summed E-state index contributed by atoms with van der Waals surface area (Å²) in [5.74, 6) is 0.364. The third-order valence-corrected chi connectivity index (χ3v) is 4.26. The summed E-state index contributed by atoms with van der Waals surface area (Å²) in [4.78, 5) is 11.7. The maximum Gasteiger partial charge on any atom is 0.267 e. The van der Waals surface area contributed by atoms with E-state index < -0.39 is 10.0 Å². The van der Waals surface area contributed by atoms with Crippen molar-refractivity contribution < 1.29 is 8.42 Å². The maximum atomic E-state index is 12.3. The Bertz CT molecular complexity index is 643. The van der Waals surface area contributed by atoms with Crippen LogP contribution in [0.1, 0.15) is 0 Å². The molecule has 0 aromatic carbocycles. The summed E-state index contributed by atoms with van der Waals surface area (Å²) in [6.45, 7) is 0. The van der Waals surface area contributed by atoms with Gasteiger partial charge in [-0.25, -0.2) is 18.4 Å². The van der Waals surface area contributed by atoms with Gasteiger partial charge in [0.15, 0.2) is 0 Å². The maximum absolute atomic E-state index is 12.3. The summed E-state index contributed by atoms with van der Waals surface area (Å²) in [7, 11) is -0.562. The first kappa shape index (κ1) is 13.2. The van der Waals surface area contributed by atoms with Crippen LogP contribution in [0.5, 0.6) is 0 Å². The molecule has 0 atom stereocenters. The van der Waals surface area contributed by atoms with Crippen LogP contribution in [0.4, 0.5) is 11.6 Å². The highest BCUT2D eigenvalue weighted by atomic mass is 32.2. The number of hydrogen-bond acceptors (Lipinski definition) is 6. The second-order valence-electron chi connectivity index (χ2n) is 3.68. The van der Waals surface area contributed by atoms with Crippen molar-refractivity contribution in [2.75, 3.05) is 23.7 Å². The first-order chi connectivity index (χ1) is 9.05. The Morgan fingerprint density at radius 1 is 1.21 bits per heavy atom. The molecule has 2 rings (SSSR count). The van der Waals surface area contributed by atoms with Crippen LogP contribution >= 0.6 is 0 Å². The number of nitrogens with zero attached hydrogens (tertiary/aromatic N) is 4. The highest BCUT2D eigenvalue weighted by molar-refractivity contribution is 7.92. The summed E-state index contributed by atoms with van der Waals surface area (Å²) >= 11 is 0. The van der Waals surface area contributed by atoms with E-state index >= 15 is 0 Å². The molecule has 0 aliphatic heterocycles. The predicted molar refractivity (Wildman–Crippen MR) is 71.4 cm³/mol. The lowest BCUT2D eigenvalue weighted by atomic mass is 10.4. The molecule has 2 aromatic rings. The lowest BCUT2D eigenvalue weighted by Gasteiger charge is -2.18. The second kappa shape index (κ2) is 5.19. The van der Waals surface area contributed by atoms with Gasteiger partial charge in [0.2, 0.25) is 5.95 Å². The van der Waals surface area contributed by atoms with Crippen LogP contribution in [0.2, 0.25) is 0 Å². The Labute approximate surface area is 111 Å². The SMILES string of the molecule is CNc1ncc(S(=O)(=O)N(C)c2cccnc2)cn1. The molecule has 2 aromatic heterocycles. The minimum absolute atomic E-state index is 0.0258. The molecule has 19 heavy (non-hydrogen) atoms. The van der Waals surface area contributed by atoms with Gasteiger partial charge >= 0.3 is 0 Å². The van der Waals surface area contributed by atoms with E-state index in [1.54, 1.807) is 25.4 Å².